The van der Waals surface area contributed by atoms with Crippen LogP contribution in [-0.2, 0) is 11.2 Å². The van der Waals surface area contributed by atoms with Crippen molar-refractivity contribution in [3.8, 4) is 5.75 Å². The molecule has 1 aliphatic rings. The molecule has 20 heavy (non-hydrogen) atoms. The molecule has 1 amide bonds. The number of nitrogens with one attached hydrogen (secondary N) is 1. The Kier molecular flexibility index (Phi) is 5.41. The number of carbonyl (C=O) groups is 1. The average molecular weight is 276 g/mol. The fourth-order valence-corrected chi connectivity index (χ4v) is 2.38. The molecule has 1 aromatic carbocycles. The first kappa shape index (κ1) is 14.9. The summed E-state index contributed by atoms with van der Waals surface area (Å²) in [4.78, 5) is 14.2. The van der Waals surface area contributed by atoms with Crippen LogP contribution in [0.2, 0.25) is 0 Å². The van der Waals surface area contributed by atoms with Crippen LogP contribution in [0.15, 0.2) is 24.3 Å². The Morgan fingerprint density at radius 2 is 2.05 bits per heavy atom. The van der Waals surface area contributed by atoms with E-state index in [2.05, 4.69) is 12.2 Å². The lowest BCUT2D eigenvalue weighted by Gasteiger charge is -2.24. The first-order chi connectivity index (χ1) is 9.70. The Morgan fingerprint density at radius 1 is 1.30 bits per heavy atom. The minimum Gasteiger partial charge on any atom is -0.481 e. The monoisotopic (exact) mass is 276 g/mol. The minimum absolute atomic E-state index is 0.0771. The predicted octanol–water partition coefficient (Wildman–Crippen LogP) is 1.84. The SMILES string of the molecule is CCc1ccc(OC(C)C(=O)N2CCCNCC2)cc1. The van der Waals surface area contributed by atoms with Gasteiger partial charge in [-0.15, -0.1) is 0 Å². The van der Waals surface area contributed by atoms with Gasteiger partial charge in [0.05, 0.1) is 0 Å². The number of aryl methyl sites for hydroxylation is 1. The van der Waals surface area contributed by atoms with Gasteiger partial charge in [-0.1, -0.05) is 19.1 Å². The summed E-state index contributed by atoms with van der Waals surface area (Å²) >= 11 is 0. The molecule has 1 aliphatic heterocycles. The van der Waals surface area contributed by atoms with Gasteiger partial charge in [0.15, 0.2) is 6.10 Å². The van der Waals surface area contributed by atoms with Crippen molar-refractivity contribution in [3.05, 3.63) is 29.8 Å². The number of nitrogens with zero attached hydrogens (tertiary/aromatic N) is 1. The van der Waals surface area contributed by atoms with Gasteiger partial charge in [0.25, 0.3) is 5.91 Å². The molecule has 1 unspecified atom stereocenters. The average Bonchev–Trinajstić information content (AvgIpc) is 2.76. The molecular formula is C16H24N2O2. The Morgan fingerprint density at radius 3 is 2.75 bits per heavy atom. The lowest BCUT2D eigenvalue weighted by Crippen LogP contribution is -2.42. The van der Waals surface area contributed by atoms with Crippen molar-refractivity contribution in [3.63, 3.8) is 0 Å². The summed E-state index contributed by atoms with van der Waals surface area (Å²) in [6, 6.07) is 7.96. The van der Waals surface area contributed by atoms with E-state index in [-0.39, 0.29) is 5.91 Å². The number of hydrogen-bond donors (Lipinski definition) is 1. The van der Waals surface area contributed by atoms with E-state index < -0.39 is 6.10 Å². The van der Waals surface area contributed by atoms with E-state index in [1.165, 1.54) is 5.56 Å². The molecule has 0 bridgehead atoms. The largest absolute Gasteiger partial charge is 0.481 e. The van der Waals surface area contributed by atoms with E-state index in [1.54, 1.807) is 0 Å². The van der Waals surface area contributed by atoms with Gasteiger partial charge in [0.1, 0.15) is 5.75 Å². The van der Waals surface area contributed by atoms with E-state index in [0.717, 1.165) is 44.8 Å². The minimum atomic E-state index is -0.430. The summed E-state index contributed by atoms with van der Waals surface area (Å²) < 4.78 is 5.76. The van der Waals surface area contributed by atoms with Crippen LogP contribution in [0.3, 0.4) is 0 Å². The van der Waals surface area contributed by atoms with Crippen LogP contribution >= 0.6 is 0 Å². The van der Waals surface area contributed by atoms with Crippen molar-refractivity contribution in [2.45, 2.75) is 32.8 Å². The quantitative estimate of drug-likeness (QED) is 0.912. The van der Waals surface area contributed by atoms with Crippen molar-refractivity contribution >= 4 is 5.91 Å². The third-order valence-electron chi connectivity index (χ3n) is 3.64. The Hall–Kier alpha value is -1.55. The second kappa shape index (κ2) is 7.29. The number of benzene rings is 1. The van der Waals surface area contributed by atoms with E-state index in [9.17, 15) is 4.79 Å². The zero-order chi connectivity index (χ0) is 14.4. The first-order valence-corrected chi connectivity index (χ1v) is 7.46. The molecule has 0 spiro atoms. The number of carbonyl (C=O) groups excluding carboxylic acids is 1. The van der Waals surface area contributed by atoms with Gasteiger partial charge in [-0.05, 0) is 44.0 Å². The van der Waals surface area contributed by atoms with E-state index in [1.807, 2.05) is 36.1 Å². The number of rotatable bonds is 4. The molecule has 1 saturated heterocycles. The van der Waals surface area contributed by atoms with Crippen molar-refractivity contribution < 1.29 is 9.53 Å². The maximum Gasteiger partial charge on any atom is 0.263 e. The van der Waals surface area contributed by atoms with Gasteiger partial charge in [0.2, 0.25) is 0 Å². The van der Waals surface area contributed by atoms with Crippen LogP contribution in [0.5, 0.6) is 5.75 Å². The van der Waals surface area contributed by atoms with Crippen LogP contribution in [0.25, 0.3) is 0 Å². The van der Waals surface area contributed by atoms with Gasteiger partial charge >= 0.3 is 0 Å². The van der Waals surface area contributed by atoms with Crippen molar-refractivity contribution in [2.24, 2.45) is 0 Å². The van der Waals surface area contributed by atoms with Crippen molar-refractivity contribution in [2.75, 3.05) is 26.2 Å². The molecule has 1 N–H and O–H groups in total. The number of ether oxygens (including phenoxy) is 1. The number of amides is 1. The Balaban J connectivity index is 1.92. The molecule has 1 heterocycles. The Labute approximate surface area is 121 Å². The molecular weight excluding hydrogens is 252 g/mol. The summed E-state index contributed by atoms with van der Waals surface area (Å²) in [6.45, 7) is 7.38. The summed E-state index contributed by atoms with van der Waals surface area (Å²) in [6.07, 6.45) is 1.58. The van der Waals surface area contributed by atoms with E-state index >= 15 is 0 Å². The molecule has 110 valence electrons. The summed E-state index contributed by atoms with van der Waals surface area (Å²) in [7, 11) is 0. The standard InChI is InChI=1S/C16H24N2O2/c1-3-14-5-7-15(8-6-14)20-13(2)16(19)18-11-4-9-17-10-12-18/h5-8,13,17H,3-4,9-12H2,1-2H3. The van der Waals surface area contributed by atoms with Crippen LogP contribution in [0.1, 0.15) is 25.8 Å². The number of hydrogen-bond acceptors (Lipinski definition) is 3. The topological polar surface area (TPSA) is 41.6 Å². The molecule has 4 heteroatoms. The lowest BCUT2D eigenvalue weighted by molar-refractivity contribution is -0.137. The highest BCUT2D eigenvalue weighted by atomic mass is 16.5. The molecule has 0 saturated carbocycles. The van der Waals surface area contributed by atoms with Gasteiger partial charge in [-0.2, -0.15) is 0 Å². The predicted molar refractivity (Wildman–Crippen MR) is 80.0 cm³/mol. The highest BCUT2D eigenvalue weighted by Gasteiger charge is 2.22. The molecule has 4 nitrogen and oxygen atoms in total. The summed E-state index contributed by atoms with van der Waals surface area (Å²) in [5, 5.41) is 3.30. The zero-order valence-corrected chi connectivity index (χ0v) is 12.4. The van der Waals surface area contributed by atoms with Gasteiger partial charge in [-0.3, -0.25) is 4.79 Å². The van der Waals surface area contributed by atoms with Gasteiger partial charge in [0, 0.05) is 19.6 Å². The smallest absolute Gasteiger partial charge is 0.263 e. The molecule has 0 aromatic heterocycles. The molecule has 1 fully saturated rings. The second-order valence-corrected chi connectivity index (χ2v) is 5.19. The van der Waals surface area contributed by atoms with Crippen LogP contribution in [-0.4, -0.2) is 43.1 Å². The first-order valence-electron chi connectivity index (χ1n) is 7.46. The summed E-state index contributed by atoms with van der Waals surface area (Å²) in [5.41, 5.74) is 1.27. The van der Waals surface area contributed by atoms with Gasteiger partial charge < -0.3 is 15.0 Å². The fourth-order valence-electron chi connectivity index (χ4n) is 2.38. The molecule has 0 radical (unpaired) electrons. The highest BCUT2D eigenvalue weighted by molar-refractivity contribution is 5.81. The van der Waals surface area contributed by atoms with Gasteiger partial charge in [-0.25, -0.2) is 0 Å². The second-order valence-electron chi connectivity index (χ2n) is 5.19. The van der Waals surface area contributed by atoms with Crippen molar-refractivity contribution in [1.82, 2.24) is 10.2 Å². The Bertz CT molecular complexity index is 423. The summed E-state index contributed by atoms with van der Waals surface area (Å²) in [5.74, 6) is 0.837. The maximum atomic E-state index is 12.4. The lowest BCUT2D eigenvalue weighted by atomic mass is 10.2. The normalized spacial score (nSPS) is 17.4. The van der Waals surface area contributed by atoms with Crippen LogP contribution < -0.4 is 10.1 Å². The van der Waals surface area contributed by atoms with Crippen LogP contribution in [0, 0.1) is 0 Å². The zero-order valence-electron chi connectivity index (χ0n) is 12.4. The third kappa shape index (κ3) is 3.97. The van der Waals surface area contributed by atoms with E-state index in [4.69, 9.17) is 4.74 Å². The fraction of sp³-hybridized carbons (Fsp3) is 0.562. The molecule has 1 atom stereocenters. The molecule has 0 aliphatic carbocycles. The third-order valence-corrected chi connectivity index (χ3v) is 3.64. The van der Waals surface area contributed by atoms with Crippen molar-refractivity contribution in [1.29, 1.82) is 0 Å². The van der Waals surface area contributed by atoms with E-state index in [0.29, 0.717) is 0 Å². The maximum absolute atomic E-state index is 12.4. The molecule has 2 rings (SSSR count). The highest BCUT2D eigenvalue weighted by Crippen LogP contribution is 2.15. The van der Waals surface area contributed by atoms with Crippen LogP contribution in [0.4, 0.5) is 0 Å². The molecule has 1 aromatic rings.